The number of carbonyl (C=O) groups is 2. The zero-order valence-corrected chi connectivity index (χ0v) is 14.6. The molecule has 0 saturated carbocycles. The minimum absolute atomic E-state index is 0.156. The van der Waals surface area contributed by atoms with Gasteiger partial charge in [0, 0.05) is 23.9 Å². The first-order chi connectivity index (χ1) is 10.6. The Morgan fingerprint density at radius 3 is 2.05 bits per heavy atom. The molecule has 0 aromatic heterocycles. The summed E-state index contributed by atoms with van der Waals surface area (Å²) < 4.78 is 11.2. The molecule has 0 bridgehead atoms. The zero-order chi connectivity index (χ0) is 16.4. The Hall–Kier alpha value is -1.56. The Morgan fingerprint density at radius 2 is 1.59 bits per heavy atom. The molecule has 0 aliphatic heterocycles. The van der Waals surface area contributed by atoms with Gasteiger partial charge in [0.25, 0.3) is 0 Å². The summed E-state index contributed by atoms with van der Waals surface area (Å²) in [5, 5.41) is 2.87. The van der Waals surface area contributed by atoms with Gasteiger partial charge < -0.3 is 14.8 Å². The van der Waals surface area contributed by atoms with Gasteiger partial charge in [-0.2, -0.15) is 0 Å². The van der Waals surface area contributed by atoms with Crippen molar-refractivity contribution in [1.29, 1.82) is 0 Å². The molecule has 1 amide bonds. The lowest BCUT2D eigenvalue weighted by atomic mass is 10.2. The van der Waals surface area contributed by atoms with Crippen LogP contribution in [-0.2, 0) is 9.59 Å². The van der Waals surface area contributed by atoms with Crippen LogP contribution >= 0.6 is 15.9 Å². The Morgan fingerprint density at radius 1 is 1.05 bits per heavy atom. The van der Waals surface area contributed by atoms with E-state index >= 15 is 0 Å². The molecule has 0 heterocycles. The Bertz CT molecular complexity index is 479. The standard InChI is InChI=1S/C16H22BrNO4/c1-3-5-21-14-7-12(8-15(10-14)22-6-4-2)18-16(20)9-13(19)11-17/h7-8,10H,3-6,9,11H2,1-2H3,(H,18,20). The maximum Gasteiger partial charge on any atom is 0.231 e. The third-order valence-corrected chi connectivity index (χ3v) is 3.24. The van der Waals surface area contributed by atoms with E-state index in [1.54, 1.807) is 18.2 Å². The number of alkyl halides is 1. The summed E-state index contributed by atoms with van der Waals surface area (Å²) in [4.78, 5) is 23.1. The van der Waals surface area contributed by atoms with Crippen molar-refractivity contribution >= 4 is 33.3 Å². The first kappa shape index (κ1) is 18.5. The fraction of sp³-hybridized carbons (Fsp3) is 0.500. The smallest absolute Gasteiger partial charge is 0.231 e. The van der Waals surface area contributed by atoms with Crippen LogP contribution in [-0.4, -0.2) is 30.2 Å². The van der Waals surface area contributed by atoms with E-state index in [1.807, 2.05) is 13.8 Å². The van der Waals surface area contributed by atoms with E-state index in [9.17, 15) is 9.59 Å². The van der Waals surface area contributed by atoms with E-state index in [1.165, 1.54) is 0 Å². The highest BCUT2D eigenvalue weighted by Gasteiger charge is 2.10. The Labute approximate surface area is 139 Å². The number of hydrogen-bond acceptors (Lipinski definition) is 4. The lowest BCUT2D eigenvalue weighted by Crippen LogP contribution is -2.17. The average molecular weight is 372 g/mol. The van der Waals surface area contributed by atoms with Crippen molar-refractivity contribution in [2.45, 2.75) is 33.1 Å². The van der Waals surface area contributed by atoms with Gasteiger partial charge in [-0.05, 0) is 12.8 Å². The maximum absolute atomic E-state index is 11.8. The molecule has 0 atom stereocenters. The monoisotopic (exact) mass is 371 g/mol. The van der Waals surface area contributed by atoms with Crippen LogP contribution in [0.5, 0.6) is 11.5 Å². The van der Waals surface area contributed by atoms with E-state index in [2.05, 4.69) is 21.2 Å². The fourth-order valence-electron chi connectivity index (χ4n) is 1.68. The zero-order valence-electron chi connectivity index (χ0n) is 13.0. The van der Waals surface area contributed by atoms with Crippen LogP contribution in [0.15, 0.2) is 18.2 Å². The normalized spacial score (nSPS) is 10.1. The summed E-state index contributed by atoms with van der Waals surface area (Å²) >= 11 is 3.04. The van der Waals surface area contributed by atoms with Gasteiger partial charge in [0.1, 0.15) is 11.5 Å². The van der Waals surface area contributed by atoms with Crippen LogP contribution in [0.3, 0.4) is 0 Å². The van der Waals surface area contributed by atoms with Crippen molar-refractivity contribution in [3.63, 3.8) is 0 Å². The fourth-order valence-corrected chi connectivity index (χ4v) is 1.88. The second kappa shape index (κ2) is 10.2. The van der Waals surface area contributed by atoms with Crippen molar-refractivity contribution in [3.05, 3.63) is 18.2 Å². The molecule has 5 nitrogen and oxygen atoms in total. The van der Waals surface area contributed by atoms with E-state index < -0.39 is 0 Å². The summed E-state index contributed by atoms with van der Waals surface area (Å²) in [6.45, 7) is 5.22. The summed E-state index contributed by atoms with van der Waals surface area (Å²) in [6, 6.07) is 5.25. The lowest BCUT2D eigenvalue weighted by Gasteiger charge is -2.12. The molecule has 0 saturated heterocycles. The number of carbonyl (C=O) groups excluding carboxylic acids is 2. The average Bonchev–Trinajstić information content (AvgIpc) is 2.50. The summed E-state index contributed by atoms with van der Waals surface area (Å²) in [5.74, 6) is 0.756. The molecule has 0 aliphatic carbocycles. The highest BCUT2D eigenvalue weighted by atomic mass is 79.9. The SMILES string of the molecule is CCCOc1cc(NC(=O)CC(=O)CBr)cc(OCCC)c1. The predicted octanol–water partition coefficient (Wildman–Crippen LogP) is 3.56. The van der Waals surface area contributed by atoms with Gasteiger partial charge in [-0.25, -0.2) is 0 Å². The molecule has 6 heteroatoms. The highest BCUT2D eigenvalue weighted by Crippen LogP contribution is 2.26. The molecule has 0 spiro atoms. The molecule has 122 valence electrons. The molecular weight excluding hydrogens is 350 g/mol. The largest absolute Gasteiger partial charge is 0.493 e. The molecular formula is C16H22BrNO4. The van der Waals surface area contributed by atoms with Gasteiger partial charge >= 0.3 is 0 Å². The van der Waals surface area contributed by atoms with Crippen molar-refractivity contribution in [1.82, 2.24) is 0 Å². The molecule has 0 unspecified atom stereocenters. The Kier molecular flexibility index (Phi) is 8.58. The number of ketones is 1. The van der Waals surface area contributed by atoms with Crippen LogP contribution in [0, 0.1) is 0 Å². The number of halogens is 1. The molecule has 0 radical (unpaired) electrons. The topological polar surface area (TPSA) is 64.6 Å². The number of hydrogen-bond donors (Lipinski definition) is 1. The second-order valence-corrected chi connectivity index (χ2v) is 5.35. The maximum atomic E-state index is 11.8. The van der Waals surface area contributed by atoms with Crippen LogP contribution < -0.4 is 14.8 Å². The van der Waals surface area contributed by atoms with E-state index in [0.29, 0.717) is 30.4 Å². The third kappa shape index (κ3) is 6.93. The number of ether oxygens (including phenoxy) is 2. The van der Waals surface area contributed by atoms with Gasteiger partial charge in [-0.15, -0.1) is 0 Å². The molecule has 0 aliphatic rings. The molecule has 1 N–H and O–H groups in total. The van der Waals surface area contributed by atoms with Crippen molar-refractivity contribution in [2.75, 3.05) is 23.9 Å². The first-order valence-electron chi connectivity index (χ1n) is 7.37. The minimum Gasteiger partial charge on any atom is -0.493 e. The highest BCUT2D eigenvalue weighted by molar-refractivity contribution is 9.09. The molecule has 1 rings (SSSR count). The first-order valence-corrected chi connectivity index (χ1v) is 8.49. The number of Topliss-reactive ketones (excluding diaryl/α,β-unsaturated/α-hetero) is 1. The van der Waals surface area contributed by atoms with Gasteiger partial charge in [0.2, 0.25) is 5.91 Å². The van der Waals surface area contributed by atoms with Gasteiger partial charge in [-0.1, -0.05) is 29.8 Å². The minimum atomic E-state index is -0.349. The van der Waals surface area contributed by atoms with E-state index in [4.69, 9.17) is 9.47 Å². The summed E-state index contributed by atoms with van der Waals surface area (Å²) in [7, 11) is 0. The van der Waals surface area contributed by atoms with Crippen LogP contribution in [0.25, 0.3) is 0 Å². The number of amides is 1. The molecule has 0 fully saturated rings. The quantitative estimate of drug-likeness (QED) is 0.504. The predicted molar refractivity (Wildman–Crippen MR) is 90.1 cm³/mol. The number of nitrogens with one attached hydrogen (secondary N) is 1. The second-order valence-electron chi connectivity index (χ2n) is 4.79. The lowest BCUT2D eigenvalue weighted by molar-refractivity contribution is -0.123. The summed E-state index contributed by atoms with van der Waals surface area (Å²) in [6.07, 6.45) is 1.62. The molecule has 1 aromatic carbocycles. The van der Waals surface area contributed by atoms with Gasteiger partial charge in [0.15, 0.2) is 5.78 Å². The number of rotatable bonds is 10. The van der Waals surface area contributed by atoms with Crippen LogP contribution in [0.4, 0.5) is 5.69 Å². The van der Waals surface area contributed by atoms with Crippen LogP contribution in [0.2, 0.25) is 0 Å². The van der Waals surface area contributed by atoms with Crippen molar-refractivity contribution in [2.24, 2.45) is 0 Å². The molecule has 1 aromatic rings. The van der Waals surface area contributed by atoms with Crippen LogP contribution in [0.1, 0.15) is 33.1 Å². The Balaban J connectivity index is 2.81. The van der Waals surface area contributed by atoms with Crippen molar-refractivity contribution < 1.29 is 19.1 Å². The number of benzene rings is 1. The number of anilines is 1. The van der Waals surface area contributed by atoms with Gasteiger partial charge in [0.05, 0.1) is 25.0 Å². The van der Waals surface area contributed by atoms with E-state index in [-0.39, 0.29) is 23.4 Å². The van der Waals surface area contributed by atoms with E-state index in [0.717, 1.165) is 12.8 Å². The third-order valence-electron chi connectivity index (χ3n) is 2.62. The van der Waals surface area contributed by atoms with Gasteiger partial charge in [-0.3, -0.25) is 9.59 Å². The molecule has 22 heavy (non-hydrogen) atoms. The summed E-state index contributed by atoms with van der Waals surface area (Å²) in [5.41, 5.74) is 0.562. The van der Waals surface area contributed by atoms with Crippen molar-refractivity contribution in [3.8, 4) is 11.5 Å².